The van der Waals surface area contributed by atoms with Gasteiger partial charge in [-0.05, 0) is 39.2 Å². The number of anilines is 1. The van der Waals surface area contributed by atoms with Crippen LogP contribution in [0, 0.1) is 11.8 Å². The third kappa shape index (κ3) is 3.51. The largest absolute Gasteiger partial charge is 0.384 e. The van der Waals surface area contributed by atoms with Crippen molar-refractivity contribution in [3.05, 3.63) is 23.5 Å². The van der Waals surface area contributed by atoms with Crippen LogP contribution in [-0.2, 0) is 16.9 Å². The van der Waals surface area contributed by atoms with E-state index in [1.165, 1.54) is 11.3 Å². The van der Waals surface area contributed by atoms with Gasteiger partial charge in [0.2, 0.25) is 5.91 Å². The molecule has 9 heteroatoms. The summed E-state index contributed by atoms with van der Waals surface area (Å²) in [4.78, 5) is 19.1. The zero-order valence-corrected chi connectivity index (χ0v) is 15.8. The van der Waals surface area contributed by atoms with Crippen molar-refractivity contribution >= 4 is 22.4 Å². The number of aliphatic hydroxyl groups is 1. The van der Waals surface area contributed by atoms with Gasteiger partial charge in [-0.3, -0.25) is 14.4 Å². The Morgan fingerprint density at radius 1 is 1.50 bits per heavy atom. The van der Waals surface area contributed by atoms with Gasteiger partial charge in [-0.2, -0.15) is 0 Å². The van der Waals surface area contributed by atoms with E-state index in [-0.39, 0.29) is 11.8 Å². The highest BCUT2D eigenvalue weighted by Gasteiger charge is 2.43. The highest BCUT2D eigenvalue weighted by Crippen LogP contribution is 2.37. The molecule has 3 aliphatic heterocycles. The lowest BCUT2D eigenvalue weighted by Gasteiger charge is -2.49. The standard InChI is InChI=1S/C17H24N6O2S/c1-17(2,25)14-10-23(21-20-14)8-12-7-11-3-5-22(12)9-13(11)15(24)19-16-18-4-6-26-16/h4,6,10-13,25H,3,5,7-9H2,1-2H3,(H,18,19,24)/t11-,12-,13+/m1/s1. The third-order valence-electron chi connectivity index (χ3n) is 5.44. The van der Waals surface area contributed by atoms with Gasteiger partial charge >= 0.3 is 0 Å². The van der Waals surface area contributed by atoms with Crippen molar-refractivity contribution < 1.29 is 9.90 Å². The van der Waals surface area contributed by atoms with Crippen molar-refractivity contribution in [2.75, 3.05) is 18.4 Å². The van der Waals surface area contributed by atoms with Crippen LogP contribution in [0.4, 0.5) is 5.13 Å². The monoisotopic (exact) mass is 376 g/mol. The first kappa shape index (κ1) is 17.6. The number of nitrogens with zero attached hydrogens (tertiary/aromatic N) is 5. The van der Waals surface area contributed by atoms with Gasteiger partial charge in [-0.25, -0.2) is 4.98 Å². The molecular weight excluding hydrogens is 352 g/mol. The minimum absolute atomic E-state index is 0.0200. The van der Waals surface area contributed by atoms with Gasteiger partial charge in [0, 0.05) is 24.2 Å². The number of hydrogen-bond donors (Lipinski definition) is 2. The summed E-state index contributed by atoms with van der Waals surface area (Å²) in [7, 11) is 0. The molecule has 1 unspecified atom stereocenters. The molecule has 5 rings (SSSR count). The number of piperidine rings is 3. The molecule has 3 saturated heterocycles. The van der Waals surface area contributed by atoms with Crippen molar-refractivity contribution in [1.29, 1.82) is 0 Å². The number of hydrogen-bond acceptors (Lipinski definition) is 7. The second-order valence-corrected chi connectivity index (χ2v) is 8.65. The first-order valence-electron chi connectivity index (χ1n) is 8.97. The number of rotatable bonds is 5. The lowest BCUT2D eigenvalue weighted by molar-refractivity contribution is -0.127. The Morgan fingerprint density at radius 2 is 2.35 bits per heavy atom. The van der Waals surface area contributed by atoms with E-state index in [4.69, 9.17) is 0 Å². The maximum absolute atomic E-state index is 12.6. The molecule has 0 saturated carbocycles. The summed E-state index contributed by atoms with van der Waals surface area (Å²) in [6.45, 7) is 5.95. The fourth-order valence-electron chi connectivity index (χ4n) is 3.99. The molecule has 3 fully saturated rings. The van der Waals surface area contributed by atoms with E-state index < -0.39 is 5.60 Å². The second kappa shape index (κ2) is 6.71. The third-order valence-corrected chi connectivity index (χ3v) is 6.13. The summed E-state index contributed by atoms with van der Waals surface area (Å²) in [5, 5.41) is 23.8. The normalized spacial score (nSPS) is 28.3. The number of aromatic nitrogens is 4. The van der Waals surface area contributed by atoms with Crippen molar-refractivity contribution in [3.8, 4) is 0 Å². The predicted molar refractivity (Wildman–Crippen MR) is 97.6 cm³/mol. The topological polar surface area (TPSA) is 96.2 Å². The minimum Gasteiger partial charge on any atom is -0.384 e. The number of carbonyl (C=O) groups excluding carboxylic acids is 1. The van der Waals surface area contributed by atoms with E-state index in [9.17, 15) is 9.90 Å². The van der Waals surface area contributed by atoms with Crippen LogP contribution in [0.15, 0.2) is 17.8 Å². The average molecular weight is 376 g/mol. The molecule has 0 aliphatic carbocycles. The fraction of sp³-hybridized carbons (Fsp3) is 0.647. The molecule has 2 bridgehead atoms. The summed E-state index contributed by atoms with van der Waals surface area (Å²) >= 11 is 1.45. The van der Waals surface area contributed by atoms with Crippen molar-refractivity contribution in [2.24, 2.45) is 11.8 Å². The number of nitrogens with one attached hydrogen (secondary N) is 1. The van der Waals surface area contributed by atoms with E-state index in [1.54, 1.807) is 20.0 Å². The Kier molecular flexibility index (Phi) is 4.54. The SMILES string of the molecule is CC(C)(O)c1cn(C[C@H]2C[C@H]3CCN2C[C@@H]3C(=O)Nc2nccs2)nn1. The summed E-state index contributed by atoms with van der Waals surface area (Å²) in [5.74, 6) is 0.493. The van der Waals surface area contributed by atoms with Crippen molar-refractivity contribution in [3.63, 3.8) is 0 Å². The lowest BCUT2D eigenvalue weighted by Crippen LogP contribution is -2.57. The van der Waals surface area contributed by atoms with E-state index in [0.29, 0.717) is 22.8 Å². The smallest absolute Gasteiger partial charge is 0.230 e. The van der Waals surface area contributed by atoms with Crippen LogP contribution in [0.3, 0.4) is 0 Å². The molecule has 5 heterocycles. The van der Waals surface area contributed by atoms with Crippen LogP contribution in [0.25, 0.3) is 0 Å². The fourth-order valence-corrected chi connectivity index (χ4v) is 4.52. The van der Waals surface area contributed by atoms with Crippen LogP contribution in [-0.4, -0.2) is 55.0 Å². The predicted octanol–water partition coefficient (Wildman–Crippen LogP) is 1.31. The first-order chi connectivity index (χ1) is 12.4. The molecule has 3 aliphatic rings. The van der Waals surface area contributed by atoms with Crippen LogP contribution in [0.2, 0.25) is 0 Å². The highest BCUT2D eigenvalue weighted by atomic mass is 32.1. The molecule has 2 aromatic heterocycles. The van der Waals surface area contributed by atoms with E-state index in [2.05, 4.69) is 25.5 Å². The van der Waals surface area contributed by atoms with Crippen LogP contribution in [0.1, 0.15) is 32.4 Å². The molecule has 0 aromatic carbocycles. The van der Waals surface area contributed by atoms with Crippen molar-refractivity contribution in [2.45, 2.75) is 44.9 Å². The number of carbonyl (C=O) groups is 1. The molecule has 8 nitrogen and oxygen atoms in total. The molecule has 26 heavy (non-hydrogen) atoms. The average Bonchev–Trinajstić information content (AvgIpc) is 3.27. The van der Waals surface area contributed by atoms with Gasteiger partial charge in [-0.1, -0.05) is 5.21 Å². The van der Waals surface area contributed by atoms with Gasteiger partial charge in [0.15, 0.2) is 5.13 Å². The Bertz CT molecular complexity index is 769. The molecule has 1 amide bonds. The van der Waals surface area contributed by atoms with Gasteiger partial charge in [0.1, 0.15) is 11.3 Å². The van der Waals surface area contributed by atoms with E-state index >= 15 is 0 Å². The van der Waals surface area contributed by atoms with E-state index in [1.807, 2.05) is 16.3 Å². The van der Waals surface area contributed by atoms with Gasteiger partial charge in [-0.15, -0.1) is 16.4 Å². The zero-order chi connectivity index (χ0) is 18.3. The molecule has 4 atom stereocenters. The zero-order valence-electron chi connectivity index (χ0n) is 15.0. The molecular formula is C17H24N6O2S. The highest BCUT2D eigenvalue weighted by molar-refractivity contribution is 7.13. The molecule has 0 radical (unpaired) electrons. The van der Waals surface area contributed by atoms with Gasteiger partial charge < -0.3 is 10.4 Å². The molecule has 2 aromatic rings. The van der Waals surface area contributed by atoms with Crippen LogP contribution >= 0.6 is 11.3 Å². The summed E-state index contributed by atoms with van der Waals surface area (Å²) in [6.07, 6.45) is 5.55. The maximum Gasteiger partial charge on any atom is 0.230 e. The number of fused-ring (bicyclic) bond motifs is 3. The Hall–Kier alpha value is -1.84. The van der Waals surface area contributed by atoms with Crippen LogP contribution < -0.4 is 5.32 Å². The summed E-state index contributed by atoms with van der Waals surface area (Å²) in [5.41, 5.74) is -0.405. The van der Waals surface area contributed by atoms with Gasteiger partial charge in [0.25, 0.3) is 0 Å². The molecule has 140 valence electrons. The number of amides is 1. The van der Waals surface area contributed by atoms with Crippen molar-refractivity contribution in [1.82, 2.24) is 24.9 Å². The molecule has 0 spiro atoms. The summed E-state index contributed by atoms with van der Waals surface area (Å²) in [6, 6.07) is 0.356. The van der Waals surface area contributed by atoms with E-state index in [0.717, 1.165) is 32.5 Å². The van der Waals surface area contributed by atoms with Gasteiger partial charge in [0.05, 0.1) is 18.7 Å². The quantitative estimate of drug-likeness (QED) is 0.817. The summed E-state index contributed by atoms with van der Waals surface area (Å²) < 4.78 is 1.81. The lowest BCUT2D eigenvalue weighted by atomic mass is 9.75. The Morgan fingerprint density at radius 3 is 2.96 bits per heavy atom. The number of thiazole rings is 1. The van der Waals surface area contributed by atoms with Crippen LogP contribution in [0.5, 0.6) is 0 Å². The minimum atomic E-state index is -0.983. The maximum atomic E-state index is 12.6. The molecule has 2 N–H and O–H groups in total. The first-order valence-corrected chi connectivity index (χ1v) is 9.85. The Labute approximate surface area is 156 Å². The second-order valence-electron chi connectivity index (χ2n) is 7.75. The Balaban J connectivity index is 1.39.